The van der Waals surface area contributed by atoms with Gasteiger partial charge in [0.1, 0.15) is 9.30 Å². The molecule has 1 heterocycles. The largest absolute Gasteiger partial charge is 0.460 e. The maximum Gasteiger partial charge on any atom is 0.306 e. The first-order chi connectivity index (χ1) is 20.2. The van der Waals surface area contributed by atoms with E-state index in [1.165, 1.54) is 16.8 Å². The maximum atomic E-state index is 13.2. The van der Waals surface area contributed by atoms with Gasteiger partial charge in [0.05, 0.1) is 18.2 Å². The number of aromatic nitrogens is 3. The molecule has 1 aliphatic carbocycles. The maximum absolute atomic E-state index is 13.2. The van der Waals surface area contributed by atoms with E-state index in [1.807, 2.05) is 20.8 Å². The zero-order chi connectivity index (χ0) is 31.4. The topological polar surface area (TPSA) is 66.2 Å². The van der Waals surface area contributed by atoms with Crippen molar-refractivity contribution in [1.82, 2.24) is 15.0 Å². The summed E-state index contributed by atoms with van der Waals surface area (Å²) in [5, 5.41) is 11.7. The van der Waals surface area contributed by atoms with Crippen LogP contribution in [0, 0.1) is 15.5 Å². The van der Waals surface area contributed by atoms with Crippen LogP contribution >= 0.6 is 22.6 Å². The van der Waals surface area contributed by atoms with Gasteiger partial charge in [0.2, 0.25) is 0 Å². The SMILES string of the molecule is CC(C)CC1CC(n2nnc(C(CCO[Si](c3ccccc3)(c3ccccc3)C(C)(C)C)CC(=O)OC(C)(C)C)c2I)C1. The molecule has 8 heteroatoms. The van der Waals surface area contributed by atoms with E-state index < -0.39 is 13.9 Å². The second-order valence-corrected chi connectivity index (χ2v) is 19.9. The number of hydrogen-bond acceptors (Lipinski definition) is 5. The molecule has 3 aromatic rings. The molecule has 0 bridgehead atoms. The van der Waals surface area contributed by atoms with Crippen molar-refractivity contribution in [2.45, 2.75) is 110 Å². The molecule has 1 atom stereocenters. The molecule has 4 rings (SSSR count). The van der Waals surface area contributed by atoms with Crippen LogP contribution in [0.4, 0.5) is 0 Å². The highest BCUT2D eigenvalue weighted by atomic mass is 127. The van der Waals surface area contributed by atoms with Crippen LogP contribution in [-0.4, -0.2) is 41.5 Å². The summed E-state index contributed by atoms with van der Waals surface area (Å²) in [6.07, 6.45) is 4.45. The van der Waals surface area contributed by atoms with Crippen LogP contribution in [0.1, 0.15) is 105 Å². The number of nitrogens with zero attached hydrogens (tertiary/aromatic N) is 3. The van der Waals surface area contributed by atoms with E-state index in [0.29, 0.717) is 25.0 Å². The van der Waals surface area contributed by atoms with Crippen molar-refractivity contribution in [2.24, 2.45) is 11.8 Å². The molecule has 43 heavy (non-hydrogen) atoms. The molecule has 0 amide bonds. The molecule has 234 valence electrons. The summed E-state index contributed by atoms with van der Waals surface area (Å²) in [4.78, 5) is 13.2. The average molecular weight is 716 g/mol. The van der Waals surface area contributed by atoms with Gasteiger partial charge in [-0.1, -0.05) is 100 Å². The zero-order valence-electron chi connectivity index (χ0n) is 27.3. The third-order valence-electron chi connectivity index (χ3n) is 8.44. The summed E-state index contributed by atoms with van der Waals surface area (Å²) in [6.45, 7) is 17.7. The van der Waals surface area contributed by atoms with Gasteiger partial charge in [-0.2, -0.15) is 0 Å². The lowest BCUT2D eigenvalue weighted by molar-refractivity contribution is -0.155. The summed E-state index contributed by atoms with van der Waals surface area (Å²) in [6, 6.07) is 21.8. The molecule has 0 aliphatic heterocycles. The molecular formula is C35H50IN3O3Si. The molecule has 1 unspecified atom stereocenters. The number of hydrogen-bond donors (Lipinski definition) is 0. The van der Waals surface area contributed by atoms with E-state index in [0.717, 1.165) is 28.2 Å². The van der Waals surface area contributed by atoms with Gasteiger partial charge in [-0.15, -0.1) is 5.10 Å². The fraction of sp³-hybridized carbons (Fsp3) is 0.571. The van der Waals surface area contributed by atoms with E-state index in [9.17, 15) is 4.79 Å². The number of carbonyl (C=O) groups excluding carboxylic acids is 1. The number of halogens is 1. The van der Waals surface area contributed by atoms with Crippen LogP contribution in [-0.2, 0) is 14.0 Å². The molecule has 1 aliphatic rings. The Kier molecular flexibility index (Phi) is 11.0. The molecule has 0 saturated heterocycles. The third-order valence-corrected chi connectivity index (χ3v) is 14.5. The average Bonchev–Trinajstić information content (AvgIpc) is 3.27. The minimum absolute atomic E-state index is 0.120. The van der Waals surface area contributed by atoms with Crippen molar-refractivity contribution < 1.29 is 14.0 Å². The minimum atomic E-state index is -2.70. The quantitative estimate of drug-likeness (QED) is 0.110. The molecule has 1 saturated carbocycles. The Morgan fingerprint density at radius 2 is 1.53 bits per heavy atom. The lowest BCUT2D eigenvalue weighted by Gasteiger charge is -2.43. The summed E-state index contributed by atoms with van der Waals surface area (Å²) >= 11 is 2.38. The second kappa shape index (κ2) is 13.9. The Hall–Kier alpha value is -2.04. The van der Waals surface area contributed by atoms with E-state index in [4.69, 9.17) is 9.16 Å². The second-order valence-electron chi connectivity index (χ2n) is 14.6. The van der Waals surface area contributed by atoms with Gasteiger partial charge >= 0.3 is 5.97 Å². The molecule has 1 aromatic heterocycles. The molecule has 0 radical (unpaired) electrons. The smallest absolute Gasteiger partial charge is 0.306 e. The molecule has 1 fully saturated rings. The number of esters is 1. The predicted octanol–water partition coefficient (Wildman–Crippen LogP) is 7.66. The number of carbonyl (C=O) groups is 1. The monoisotopic (exact) mass is 715 g/mol. The van der Waals surface area contributed by atoms with Gasteiger partial charge in [-0.05, 0) is 96.3 Å². The lowest BCUT2D eigenvalue weighted by Crippen LogP contribution is -2.66. The summed E-state index contributed by atoms with van der Waals surface area (Å²) in [7, 11) is -2.70. The highest BCUT2D eigenvalue weighted by molar-refractivity contribution is 14.1. The first-order valence-electron chi connectivity index (χ1n) is 15.8. The van der Waals surface area contributed by atoms with Crippen molar-refractivity contribution >= 4 is 47.3 Å². The Morgan fingerprint density at radius 3 is 2.02 bits per heavy atom. The van der Waals surface area contributed by atoms with Crippen molar-refractivity contribution in [3.8, 4) is 0 Å². The van der Waals surface area contributed by atoms with Gasteiger partial charge < -0.3 is 9.16 Å². The van der Waals surface area contributed by atoms with Crippen LogP contribution < -0.4 is 10.4 Å². The highest BCUT2D eigenvalue weighted by Gasteiger charge is 2.50. The van der Waals surface area contributed by atoms with Crippen molar-refractivity contribution in [3.63, 3.8) is 0 Å². The Balaban J connectivity index is 1.61. The van der Waals surface area contributed by atoms with Crippen LogP contribution in [0.25, 0.3) is 0 Å². The highest BCUT2D eigenvalue weighted by Crippen LogP contribution is 2.43. The van der Waals surface area contributed by atoms with E-state index in [-0.39, 0.29) is 23.3 Å². The molecular weight excluding hydrogens is 665 g/mol. The van der Waals surface area contributed by atoms with Gasteiger partial charge in [0.25, 0.3) is 8.32 Å². The van der Waals surface area contributed by atoms with Gasteiger partial charge in [-0.3, -0.25) is 4.79 Å². The normalized spacial score (nSPS) is 18.4. The van der Waals surface area contributed by atoms with Gasteiger partial charge in [0, 0.05) is 12.5 Å². The fourth-order valence-electron chi connectivity index (χ4n) is 6.57. The summed E-state index contributed by atoms with van der Waals surface area (Å²) in [5.74, 6) is 1.10. The third kappa shape index (κ3) is 8.17. The zero-order valence-corrected chi connectivity index (χ0v) is 30.4. The summed E-state index contributed by atoms with van der Waals surface area (Å²) < 4.78 is 16.1. The molecule has 6 nitrogen and oxygen atoms in total. The number of benzene rings is 2. The van der Waals surface area contributed by atoms with Crippen LogP contribution in [0.2, 0.25) is 5.04 Å². The number of ether oxygens (including phenoxy) is 1. The number of rotatable bonds is 12. The standard InChI is InChI=1S/C35H50IN3O3Si/c1-25(2)21-26-22-28(23-26)39-33(36)32(37-38-39)27(24-31(40)42-34(3,4)5)19-20-41-43(35(6,7)8,29-15-11-9-12-16-29)30-17-13-10-14-18-30/h9-18,25-28H,19-24H2,1-8H3. The molecule has 0 spiro atoms. The predicted molar refractivity (Wildman–Crippen MR) is 185 cm³/mol. The fourth-order valence-corrected chi connectivity index (χ4v) is 12.2. The van der Waals surface area contributed by atoms with Crippen LogP contribution in [0.15, 0.2) is 60.7 Å². The lowest BCUT2D eigenvalue weighted by atomic mass is 9.76. The van der Waals surface area contributed by atoms with Crippen LogP contribution in [0.5, 0.6) is 0 Å². The minimum Gasteiger partial charge on any atom is -0.460 e. The Morgan fingerprint density at radius 1 is 0.977 bits per heavy atom. The summed E-state index contributed by atoms with van der Waals surface area (Å²) in [5.41, 5.74) is 0.333. The Labute approximate surface area is 273 Å². The van der Waals surface area contributed by atoms with Crippen molar-refractivity contribution in [2.75, 3.05) is 6.61 Å². The van der Waals surface area contributed by atoms with Gasteiger partial charge in [-0.25, -0.2) is 4.68 Å². The molecule has 0 N–H and O–H groups in total. The van der Waals surface area contributed by atoms with E-state index in [1.54, 1.807) is 0 Å². The van der Waals surface area contributed by atoms with E-state index in [2.05, 4.69) is 133 Å². The van der Waals surface area contributed by atoms with Crippen molar-refractivity contribution in [3.05, 3.63) is 70.1 Å². The van der Waals surface area contributed by atoms with Crippen LogP contribution in [0.3, 0.4) is 0 Å². The first kappa shape index (κ1) is 33.8. The van der Waals surface area contributed by atoms with Gasteiger partial charge in [0.15, 0.2) is 0 Å². The Bertz CT molecular complexity index is 1290. The van der Waals surface area contributed by atoms with Crippen molar-refractivity contribution in [1.29, 1.82) is 0 Å². The van der Waals surface area contributed by atoms with E-state index >= 15 is 0 Å². The first-order valence-corrected chi connectivity index (χ1v) is 18.8. The molecule has 2 aromatic carbocycles.